The van der Waals surface area contributed by atoms with E-state index in [0.717, 1.165) is 64.6 Å². The molecule has 0 radical (unpaired) electrons. The number of hydrogen-bond donors (Lipinski definition) is 6. The second-order valence-corrected chi connectivity index (χ2v) is 11.2. The molecule has 2 saturated carbocycles. The summed E-state index contributed by atoms with van der Waals surface area (Å²) >= 11 is 0. The number of nitrogens with zero attached hydrogens (tertiary/aromatic N) is 1. The average Bonchev–Trinajstić information content (AvgIpc) is 3.48. The molecule has 0 bridgehead atoms. The van der Waals surface area contributed by atoms with Crippen LogP contribution in [0.15, 0.2) is 0 Å². The van der Waals surface area contributed by atoms with Crippen molar-refractivity contribution >= 4 is 5.91 Å². The molecule has 6 unspecified atom stereocenters. The molecule has 0 aromatic carbocycles. The van der Waals surface area contributed by atoms with E-state index in [1.54, 1.807) is 0 Å². The molecule has 6 N–H and O–H groups in total. The van der Waals surface area contributed by atoms with Crippen molar-refractivity contribution in [1.82, 2.24) is 31.7 Å². The van der Waals surface area contributed by atoms with Crippen molar-refractivity contribution in [2.45, 2.75) is 94.7 Å². The quantitative estimate of drug-likeness (QED) is 0.295. The third kappa shape index (κ3) is 5.77. The Morgan fingerprint density at radius 2 is 1.88 bits per heavy atom. The van der Waals surface area contributed by atoms with Gasteiger partial charge in [0.1, 0.15) is 0 Å². The number of rotatable bonds is 8. The summed E-state index contributed by atoms with van der Waals surface area (Å²) in [5, 5.41) is 20.3. The number of aliphatic hydroxyl groups excluding tert-OH is 1. The number of fused-ring (bicyclic) bond motifs is 1. The number of hydrazine groups is 1. The third-order valence-corrected chi connectivity index (χ3v) is 9.08. The molecular formula is C25H46N6O3. The highest BCUT2D eigenvalue weighted by Gasteiger charge is 2.41. The van der Waals surface area contributed by atoms with Gasteiger partial charge in [0.2, 0.25) is 5.91 Å². The fourth-order valence-corrected chi connectivity index (χ4v) is 7.15. The summed E-state index contributed by atoms with van der Waals surface area (Å²) in [6.07, 6.45) is 12.1. The second kappa shape index (κ2) is 12.0. The number of nitrogens with one attached hydrogen (secondary N) is 5. The SMILES string of the molecule is O=C(N[C@H]1COC2CCCCC21)C1CCCC(NCC2NNC(C3CCNCC3)N2CCO)C1. The first-order valence-electron chi connectivity index (χ1n) is 14.0. The Hall–Kier alpha value is -0.810. The van der Waals surface area contributed by atoms with Crippen molar-refractivity contribution in [2.24, 2.45) is 17.8 Å². The van der Waals surface area contributed by atoms with Gasteiger partial charge in [0.05, 0.1) is 37.7 Å². The zero-order valence-electron chi connectivity index (χ0n) is 20.6. The number of β-amino-alcohol motifs (C(OH)–C–C–N with tert-alkyl or cyclic N) is 1. The van der Waals surface area contributed by atoms with Crippen molar-refractivity contribution in [2.75, 3.05) is 39.4 Å². The fourth-order valence-electron chi connectivity index (χ4n) is 7.15. The van der Waals surface area contributed by atoms with E-state index in [9.17, 15) is 9.90 Å². The molecule has 5 fully saturated rings. The van der Waals surface area contributed by atoms with Crippen LogP contribution in [0.25, 0.3) is 0 Å². The third-order valence-electron chi connectivity index (χ3n) is 9.08. The van der Waals surface area contributed by atoms with E-state index in [4.69, 9.17) is 4.74 Å². The lowest BCUT2D eigenvalue weighted by molar-refractivity contribution is -0.127. The van der Waals surface area contributed by atoms with Crippen LogP contribution < -0.4 is 26.8 Å². The number of carbonyl (C=O) groups excluding carboxylic acids is 1. The van der Waals surface area contributed by atoms with Gasteiger partial charge in [-0.2, -0.15) is 0 Å². The van der Waals surface area contributed by atoms with Crippen LogP contribution in [0.4, 0.5) is 0 Å². The number of piperidine rings is 1. The lowest BCUT2D eigenvalue weighted by atomic mass is 9.82. The van der Waals surface area contributed by atoms with E-state index in [0.29, 0.717) is 37.1 Å². The van der Waals surface area contributed by atoms with Gasteiger partial charge in [-0.3, -0.25) is 9.69 Å². The molecule has 5 aliphatic rings. The average molecular weight is 479 g/mol. The van der Waals surface area contributed by atoms with E-state index < -0.39 is 0 Å². The van der Waals surface area contributed by atoms with Gasteiger partial charge in [-0.1, -0.05) is 19.3 Å². The Morgan fingerprint density at radius 3 is 2.74 bits per heavy atom. The fraction of sp³-hybridized carbons (Fsp3) is 0.960. The molecule has 0 aromatic heterocycles. The van der Waals surface area contributed by atoms with Gasteiger partial charge >= 0.3 is 0 Å². The summed E-state index contributed by atoms with van der Waals surface area (Å²) < 4.78 is 5.99. The Bertz CT molecular complexity index is 663. The summed E-state index contributed by atoms with van der Waals surface area (Å²) in [6.45, 7) is 4.47. The van der Waals surface area contributed by atoms with Crippen molar-refractivity contribution in [1.29, 1.82) is 0 Å². The number of ether oxygens (including phenoxy) is 1. The smallest absolute Gasteiger partial charge is 0.223 e. The highest BCUT2D eigenvalue weighted by atomic mass is 16.5. The minimum atomic E-state index is 0.0968. The number of amides is 1. The van der Waals surface area contributed by atoms with Crippen molar-refractivity contribution in [3.8, 4) is 0 Å². The normalized spacial score (nSPS) is 39.7. The molecule has 7 atom stereocenters. The van der Waals surface area contributed by atoms with Crippen LogP contribution in [-0.2, 0) is 9.53 Å². The molecule has 1 amide bonds. The van der Waals surface area contributed by atoms with Gasteiger partial charge in [-0.15, -0.1) is 0 Å². The molecule has 0 spiro atoms. The first-order chi connectivity index (χ1) is 16.7. The van der Waals surface area contributed by atoms with Gasteiger partial charge in [-0.25, -0.2) is 10.9 Å². The number of hydrogen-bond acceptors (Lipinski definition) is 8. The van der Waals surface area contributed by atoms with Gasteiger partial charge in [0.25, 0.3) is 0 Å². The topological polar surface area (TPSA) is 110 Å². The minimum absolute atomic E-state index is 0.0968. The first kappa shape index (κ1) is 24.9. The van der Waals surface area contributed by atoms with Crippen LogP contribution in [0.3, 0.4) is 0 Å². The van der Waals surface area contributed by atoms with E-state index in [-0.39, 0.29) is 36.8 Å². The molecule has 2 aliphatic carbocycles. The summed E-state index contributed by atoms with van der Waals surface area (Å²) in [5.41, 5.74) is 6.99. The Labute approximate surface area is 204 Å². The van der Waals surface area contributed by atoms with E-state index >= 15 is 0 Å². The highest BCUT2D eigenvalue weighted by Crippen LogP contribution is 2.35. The van der Waals surface area contributed by atoms with Crippen LogP contribution in [0.5, 0.6) is 0 Å². The Morgan fingerprint density at radius 1 is 1.03 bits per heavy atom. The molecule has 9 heteroatoms. The maximum Gasteiger partial charge on any atom is 0.223 e. The molecule has 194 valence electrons. The van der Waals surface area contributed by atoms with Crippen LogP contribution in [-0.4, -0.2) is 85.8 Å². The zero-order valence-corrected chi connectivity index (χ0v) is 20.6. The van der Waals surface area contributed by atoms with Crippen LogP contribution >= 0.6 is 0 Å². The first-order valence-corrected chi connectivity index (χ1v) is 14.0. The molecule has 3 heterocycles. The zero-order chi connectivity index (χ0) is 23.3. The lowest BCUT2D eigenvalue weighted by Crippen LogP contribution is -2.52. The lowest BCUT2D eigenvalue weighted by Gasteiger charge is -2.36. The number of aliphatic hydroxyl groups is 1. The van der Waals surface area contributed by atoms with Gasteiger partial charge < -0.3 is 25.8 Å². The molecule has 3 aliphatic heterocycles. The minimum Gasteiger partial charge on any atom is -0.395 e. The predicted octanol–water partition coefficient (Wildman–Crippen LogP) is 0.263. The van der Waals surface area contributed by atoms with E-state index in [1.165, 1.54) is 19.3 Å². The molecule has 5 rings (SSSR count). The molecule has 3 saturated heterocycles. The maximum atomic E-state index is 13.1. The van der Waals surface area contributed by atoms with Crippen LogP contribution in [0.2, 0.25) is 0 Å². The van der Waals surface area contributed by atoms with Gasteiger partial charge in [0.15, 0.2) is 0 Å². The molecule has 9 nitrogen and oxygen atoms in total. The molecule has 0 aromatic rings. The standard InChI is InChI=1S/C25H46N6O3/c32-13-12-31-23(29-30-24(31)17-8-10-26-11-9-17)15-27-19-5-3-4-18(14-19)25(33)28-21-16-34-22-7-2-1-6-20(21)22/h17-24,26-27,29-30,32H,1-16H2,(H,28,33)/t18?,19?,20?,21-,22?,23?,24?/m0/s1. The molecular weight excluding hydrogens is 432 g/mol. The monoisotopic (exact) mass is 478 g/mol. The number of carbonyl (C=O) groups is 1. The van der Waals surface area contributed by atoms with Gasteiger partial charge in [-0.05, 0) is 64.0 Å². The maximum absolute atomic E-state index is 13.1. The van der Waals surface area contributed by atoms with Crippen molar-refractivity contribution in [3.05, 3.63) is 0 Å². The summed E-state index contributed by atoms with van der Waals surface area (Å²) in [7, 11) is 0. The van der Waals surface area contributed by atoms with E-state index in [2.05, 4.69) is 31.7 Å². The van der Waals surface area contributed by atoms with Crippen LogP contribution in [0.1, 0.15) is 64.2 Å². The highest BCUT2D eigenvalue weighted by molar-refractivity contribution is 5.79. The van der Waals surface area contributed by atoms with Crippen LogP contribution in [0, 0.1) is 17.8 Å². The van der Waals surface area contributed by atoms with Gasteiger partial charge in [0, 0.05) is 31.0 Å². The second-order valence-electron chi connectivity index (χ2n) is 11.2. The van der Waals surface area contributed by atoms with Crippen molar-refractivity contribution in [3.63, 3.8) is 0 Å². The summed E-state index contributed by atoms with van der Waals surface area (Å²) in [5.74, 6) is 1.44. The Kier molecular flexibility index (Phi) is 8.74. The molecule has 34 heavy (non-hydrogen) atoms. The van der Waals surface area contributed by atoms with E-state index in [1.807, 2.05) is 0 Å². The van der Waals surface area contributed by atoms with Crippen molar-refractivity contribution < 1.29 is 14.6 Å². The largest absolute Gasteiger partial charge is 0.395 e. The summed E-state index contributed by atoms with van der Waals surface area (Å²) in [6, 6.07) is 0.571. The Balaban J connectivity index is 1.09. The summed E-state index contributed by atoms with van der Waals surface area (Å²) in [4.78, 5) is 15.5. The predicted molar refractivity (Wildman–Crippen MR) is 131 cm³/mol.